The molecule has 2 spiro atoms. The lowest BCUT2D eigenvalue weighted by Gasteiger charge is -2.56. The molecule has 324 valence electrons. The van der Waals surface area contributed by atoms with Gasteiger partial charge in [-0.05, 0) is 105 Å². The predicted octanol–water partition coefficient (Wildman–Crippen LogP) is 9.21. The van der Waals surface area contributed by atoms with E-state index in [0.29, 0.717) is 34.8 Å². The summed E-state index contributed by atoms with van der Waals surface area (Å²) < 4.78 is 42.2. The number of ether oxygens (including phenoxy) is 2. The van der Waals surface area contributed by atoms with Gasteiger partial charge < -0.3 is 24.7 Å². The van der Waals surface area contributed by atoms with Crippen LogP contribution in [0.5, 0.6) is 17.2 Å². The van der Waals surface area contributed by atoms with Crippen LogP contribution in [-0.4, -0.2) is 71.9 Å². The number of rotatable bonds is 10. The number of carbonyl (C=O) groups excluding carboxylic acids is 1. The van der Waals surface area contributed by atoms with Gasteiger partial charge in [0.05, 0.1) is 27.1 Å². The minimum atomic E-state index is -4.61. The molecule has 15 heteroatoms. The lowest BCUT2D eigenvalue weighted by Crippen LogP contribution is -2.54. The first-order valence-corrected chi connectivity index (χ1v) is 23.5. The molecule has 5 aromatic rings. The Hall–Kier alpha value is -5.67. The van der Waals surface area contributed by atoms with Gasteiger partial charge in [-0.1, -0.05) is 51.0 Å². The Bertz CT molecular complexity index is 2660. The van der Waals surface area contributed by atoms with E-state index in [-0.39, 0.29) is 29.4 Å². The van der Waals surface area contributed by atoms with E-state index >= 15 is 0 Å². The van der Waals surface area contributed by atoms with E-state index in [1.54, 1.807) is 30.6 Å². The first-order chi connectivity index (χ1) is 29.9. The summed E-state index contributed by atoms with van der Waals surface area (Å²) in [7, 11) is -4.61. The maximum Gasteiger partial charge on any atom is 0.297 e. The second kappa shape index (κ2) is 15.6. The minimum absolute atomic E-state index is 0.0189. The van der Waals surface area contributed by atoms with Gasteiger partial charge in [-0.2, -0.15) is 0 Å². The Morgan fingerprint density at radius 2 is 1.79 bits per heavy atom. The normalized spacial score (nSPS) is 20.8. The maximum atomic E-state index is 14.0. The third kappa shape index (κ3) is 7.42. The van der Waals surface area contributed by atoms with Gasteiger partial charge in [0.1, 0.15) is 23.8 Å². The van der Waals surface area contributed by atoms with Crippen molar-refractivity contribution in [1.29, 1.82) is 0 Å². The number of nitro benzene ring substituents is 1. The van der Waals surface area contributed by atoms with E-state index in [0.717, 1.165) is 75.3 Å². The molecule has 0 bridgehead atoms. The zero-order valence-corrected chi connectivity index (χ0v) is 36.0. The number of aromatic nitrogens is 2. The number of piperidine rings is 1. The van der Waals surface area contributed by atoms with Gasteiger partial charge in [-0.25, -0.2) is 18.1 Å². The number of H-pyrrole nitrogens is 1. The lowest BCUT2D eigenvalue weighted by atomic mass is 9.59. The van der Waals surface area contributed by atoms with E-state index in [9.17, 15) is 23.3 Å². The summed E-state index contributed by atoms with van der Waals surface area (Å²) in [5, 5.41) is 16.4. The zero-order valence-electron chi connectivity index (χ0n) is 35.2. The first kappa shape index (κ1) is 40.4. The third-order valence-corrected chi connectivity index (χ3v) is 15.6. The highest BCUT2D eigenvalue weighted by Crippen LogP contribution is 2.54. The number of benzene rings is 3. The van der Waals surface area contributed by atoms with Gasteiger partial charge >= 0.3 is 0 Å². The highest BCUT2D eigenvalue weighted by atomic mass is 32.2. The molecule has 0 radical (unpaired) electrons. The third-order valence-electron chi connectivity index (χ3n) is 14.3. The number of nitrogens with one attached hydrogen (secondary N) is 3. The fraction of sp³-hybridized carbons (Fsp3) is 0.447. The fourth-order valence-corrected chi connectivity index (χ4v) is 12.0. The summed E-state index contributed by atoms with van der Waals surface area (Å²) in [6.07, 6.45) is 13.8. The summed E-state index contributed by atoms with van der Waals surface area (Å²) in [4.78, 5) is 37.8. The molecule has 2 aromatic heterocycles. The monoisotopic (exact) mass is 859 g/mol. The van der Waals surface area contributed by atoms with Gasteiger partial charge in [0.15, 0.2) is 11.4 Å². The van der Waals surface area contributed by atoms with Crippen molar-refractivity contribution in [3.8, 4) is 17.2 Å². The number of sulfonamides is 1. The van der Waals surface area contributed by atoms with Crippen LogP contribution >= 0.6 is 0 Å². The van der Waals surface area contributed by atoms with E-state index in [4.69, 9.17) is 9.47 Å². The number of nitro groups is 1. The van der Waals surface area contributed by atoms with Crippen LogP contribution < -0.4 is 24.4 Å². The number of likely N-dealkylation sites (tertiary alicyclic amines) is 1. The number of carbonyl (C=O) groups is 1. The molecular formula is C47H53N7O7S. The van der Waals surface area contributed by atoms with Crippen molar-refractivity contribution in [1.82, 2.24) is 19.6 Å². The molecule has 3 aromatic carbocycles. The van der Waals surface area contributed by atoms with Crippen LogP contribution in [0, 0.1) is 15.5 Å². The lowest BCUT2D eigenvalue weighted by molar-refractivity contribution is -0.384. The second-order valence-electron chi connectivity index (χ2n) is 18.5. The predicted molar refractivity (Wildman–Crippen MR) is 237 cm³/mol. The number of amides is 1. The topological polar surface area (TPSA) is 172 Å². The molecule has 62 heavy (non-hydrogen) atoms. The molecule has 3 N–H and O–H groups in total. The maximum absolute atomic E-state index is 14.0. The van der Waals surface area contributed by atoms with Crippen molar-refractivity contribution in [3.63, 3.8) is 0 Å². The number of nitrogens with zero attached hydrogens (tertiary/aromatic N) is 4. The molecule has 10 rings (SSSR count). The molecule has 1 atom stereocenters. The quantitative estimate of drug-likeness (QED) is 0.0903. The molecule has 4 fully saturated rings. The Balaban J connectivity index is 0.869. The molecular weight excluding hydrogens is 807 g/mol. The van der Waals surface area contributed by atoms with Crippen molar-refractivity contribution >= 4 is 44.0 Å². The highest BCUT2D eigenvalue weighted by molar-refractivity contribution is 7.90. The summed E-state index contributed by atoms with van der Waals surface area (Å²) in [5.74, 6) is 0.134. The first-order valence-electron chi connectivity index (χ1n) is 22.0. The van der Waals surface area contributed by atoms with Crippen LogP contribution in [0.3, 0.4) is 0 Å². The number of fused-ring (bicyclic) bond motifs is 2. The standard InChI is InChI=1S/C47H53N7O7S/c1-30(2)36-8-3-4-9-37(36)39-10-7-19-53(39)33-26-46(27-33)16-20-52(21-17-46)32-11-12-38(41(23-32)61-34-22-31-13-18-48-44(31)49-28-34)45(55)51-62(58,59)35-24-40(54(56)57)43-42(25-35)60-29-47(50-43)14-5-6-15-47/h3-4,8-9,11-13,18,22-25,28,30,33,39,50H,5-7,10,14-17,19-21,26-27,29H2,1-2H3,(H,48,49)(H,51,55)/t39-/m0/s1. The molecule has 5 aliphatic rings. The number of hydrogen-bond acceptors (Lipinski definition) is 11. The molecule has 5 heterocycles. The molecule has 2 saturated heterocycles. The van der Waals surface area contributed by atoms with E-state index in [1.807, 2.05) is 12.1 Å². The molecule has 2 aliphatic carbocycles. The molecule has 3 aliphatic heterocycles. The Labute approximate surface area is 361 Å². The summed E-state index contributed by atoms with van der Waals surface area (Å²) in [5.41, 5.74) is 4.08. The van der Waals surface area contributed by atoms with Crippen LogP contribution in [0.1, 0.15) is 112 Å². The largest absolute Gasteiger partial charge is 0.489 e. The van der Waals surface area contributed by atoms with Crippen molar-refractivity contribution in [2.45, 2.75) is 106 Å². The van der Waals surface area contributed by atoms with Gasteiger partial charge in [-0.3, -0.25) is 19.8 Å². The fourth-order valence-electron chi connectivity index (χ4n) is 11.0. The summed E-state index contributed by atoms with van der Waals surface area (Å²) in [6.45, 7) is 7.68. The summed E-state index contributed by atoms with van der Waals surface area (Å²) >= 11 is 0. The van der Waals surface area contributed by atoms with Crippen LogP contribution in [0.25, 0.3) is 11.0 Å². The zero-order chi connectivity index (χ0) is 42.8. The molecule has 14 nitrogen and oxygen atoms in total. The molecule has 0 unspecified atom stereocenters. The van der Waals surface area contributed by atoms with E-state index in [1.165, 1.54) is 42.9 Å². The average molecular weight is 860 g/mol. The highest BCUT2D eigenvalue weighted by Gasteiger charge is 2.50. The second-order valence-corrected chi connectivity index (χ2v) is 20.2. The van der Waals surface area contributed by atoms with Crippen molar-refractivity contribution < 1.29 is 27.6 Å². The van der Waals surface area contributed by atoms with Gasteiger partial charge in [0.25, 0.3) is 21.6 Å². The Kier molecular flexibility index (Phi) is 10.2. The number of anilines is 2. The van der Waals surface area contributed by atoms with Gasteiger partial charge in [0, 0.05) is 60.6 Å². The SMILES string of the molecule is CC(C)c1ccccc1[C@@H]1CCCN1C1CC2(CCN(c3ccc(C(=O)NS(=O)(=O)c4cc5c(c([N+](=O)[O-])c4)NC4(CCCC4)CO5)c(Oc4cnc5[nH]ccc5c4)c3)CC2)C1. The number of hydrogen-bond donors (Lipinski definition) is 3. The van der Waals surface area contributed by atoms with Gasteiger partial charge in [-0.15, -0.1) is 0 Å². The van der Waals surface area contributed by atoms with E-state index in [2.05, 4.69) is 67.9 Å². The Morgan fingerprint density at radius 3 is 2.56 bits per heavy atom. The van der Waals surface area contributed by atoms with Crippen LogP contribution in [0.2, 0.25) is 0 Å². The number of aromatic amines is 1. The van der Waals surface area contributed by atoms with Crippen LogP contribution in [0.15, 0.2) is 84.0 Å². The number of pyridine rings is 1. The van der Waals surface area contributed by atoms with Gasteiger partial charge in [0.2, 0.25) is 0 Å². The average Bonchev–Trinajstić information content (AvgIpc) is 4.04. The minimum Gasteiger partial charge on any atom is -0.489 e. The van der Waals surface area contributed by atoms with Crippen molar-refractivity contribution in [2.75, 3.05) is 36.5 Å². The smallest absolute Gasteiger partial charge is 0.297 e. The van der Waals surface area contributed by atoms with Crippen molar-refractivity contribution in [2.24, 2.45) is 5.41 Å². The summed E-state index contributed by atoms with van der Waals surface area (Å²) in [6, 6.07) is 21.1. The molecule has 2 saturated carbocycles. The Morgan fingerprint density at radius 1 is 1.00 bits per heavy atom. The van der Waals surface area contributed by atoms with Crippen LogP contribution in [0.4, 0.5) is 17.1 Å². The van der Waals surface area contributed by atoms with Crippen LogP contribution in [-0.2, 0) is 10.0 Å². The van der Waals surface area contributed by atoms with E-state index < -0.39 is 37.0 Å². The molecule has 1 amide bonds. The van der Waals surface area contributed by atoms with Crippen molar-refractivity contribution in [3.05, 3.63) is 106 Å².